The molecule has 0 saturated carbocycles. The molecule has 0 fully saturated rings. The first kappa shape index (κ1) is 33.2. The third kappa shape index (κ3) is 5.63. The summed E-state index contributed by atoms with van der Waals surface area (Å²) in [5.74, 6) is 0. The molecule has 268 valence electrons. The van der Waals surface area contributed by atoms with Gasteiger partial charge in [-0.2, -0.15) is 0 Å². The maximum absolute atomic E-state index is 2.49. The topological polar surface area (TPSA) is 8.17 Å². The molecule has 0 aliphatic heterocycles. The van der Waals surface area contributed by atoms with Crippen LogP contribution in [0.5, 0.6) is 0 Å². The third-order valence-corrected chi connectivity index (χ3v) is 12.3. The molecule has 0 spiro atoms. The molecule has 9 aromatic carbocycles. The van der Waals surface area contributed by atoms with Crippen LogP contribution in [-0.2, 0) is 0 Å². The van der Waals surface area contributed by atoms with E-state index in [-0.39, 0.29) is 0 Å². The zero-order valence-electron chi connectivity index (χ0n) is 31.1. The van der Waals surface area contributed by atoms with Gasteiger partial charge in [0.2, 0.25) is 0 Å². The van der Waals surface area contributed by atoms with Gasteiger partial charge in [-0.15, -0.1) is 11.3 Å². The van der Waals surface area contributed by atoms with Crippen LogP contribution >= 0.6 is 11.3 Å². The van der Waals surface area contributed by atoms with Crippen molar-refractivity contribution in [3.8, 4) is 39.1 Å². The lowest BCUT2D eigenvalue weighted by atomic mass is 9.93. The van der Waals surface area contributed by atoms with E-state index in [0.717, 1.165) is 28.3 Å². The number of thiophene rings is 1. The molecule has 2 heterocycles. The molecule has 0 aliphatic rings. The summed E-state index contributed by atoms with van der Waals surface area (Å²) in [4.78, 5) is 2.45. The number of aromatic nitrogens is 1. The average molecular weight is 745 g/mol. The second-order valence-corrected chi connectivity index (χ2v) is 15.6. The van der Waals surface area contributed by atoms with Crippen LogP contribution in [0.1, 0.15) is 0 Å². The van der Waals surface area contributed by atoms with Gasteiger partial charge in [-0.3, -0.25) is 0 Å². The number of hydrogen-bond donors (Lipinski definition) is 0. The number of rotatable bonds is 7. The second-order valence-electron chi connectivity index (χ2n) is 14.5. The highest BCUT2D eigenvalue weighted by molar-refractivity contribution is 7.25. The van der Waals surface area contributed by atoms with Crippen LogP contribution in [0.4, 0.5) is 17.1 Å². The van der Waals surface area contributed by atoms with Crippen LogP contribution in [0.15, 0.2) is 218 Å². The number of anilines is 3. The van der Waals surface area contributed by atoms with E-state index in [1.54, 1.807) is 0 Å². The predicted octanol–water partition coefficient (Wildman–Crippen LogP) is 15.6. The molecule has 0 aliphatic carbocycles. The van der Waals surface area contributed by atoms with E-state index in [9.17, 15) is 0 Å². The largest absolute Gasteiger partial charge is 0.310 e. The summed E-state index contributed by atoms with van der Waals surface area (Å²) in [7, 11) is 0. The number of benzene rings is 9. The molecule has 0 radical (unpaired) electrons. The Morgan fingerprint density at radius 2 is 0.912 bits per heavy atom. The van der Waals surface area contributed by atoms with Gasteiger partial charge in [0.15, 0.2) is 0 Å². The van der Waals surface area contributed by atoms with Crippen LogP contribution in [-0.4, -0.2) is 4.57 Å². The maximum Gasteiger partial charge on any atom is 0.0562 e. The van der Waals surface area contributed by atoms with E-state index in [1.165, 1.54) is 69.8 Å². The fraction of sp³-hybridized carbons (Fsp3) is 0. The van der Waals surface area contributed by atoms with Crippen molar-refractivity contribution in [3.63, 3.8) is 0 Å². The Balaban J connectivity index is 1.21. The Hall–Kier alpha value is -7.20. The third-order valence-electron chi connectivity index (χ3n) is 11.2. The smallest absolute Gasteiger partial charge is 0.0562 e. The summed E-state index contributed by atoms with van der Waals surface area (Å²) >= 11 is 1.85. The molecule has 11 aromatic rings. The summed E-state index contributed by atoms with van der Waals surface area (Å²) in [6, 6.07) is 79.5. The fourth-order valence-electron chi connectivity index (χ4n) is 8.66. The van der Waals surface area contributed by atoms with Crippen LogP contribution in [0.3, 0.4) is 0 Å². The highest BCUT2D eigenvalue weighted by atomic mass is 32.1. The van der Waals surface area contributed by atoms with Gasteiger partial charge in [0.05, 0.1) is 22.4 Å². The normalized spacial score (nSPS) is 11.5. The molecule has 0 unspecified atom stereocenters. The number of para-hydroxylation sites is 2. The minimum Gasteiger partial charge on any atom is -0.310 e. The molecule has 3 heteroatoms. The van der Waals surface area contributed by atoms with Gasteiger partial charge >= 0.3 is 0 Å². The molecule has 57 heavy (non-hydrogen) atoms. The lowest BCUT2D eigenvalue weighted by Gasteiger charge is -2.28. The fourth-order valence-corrected chi connectivity index (χ4v) is 9.75. The first-order valence-corrected chi connectivity index (χ1v) is 20.3. The highest BCUT2D eigenvalue weighted by Crippen LogP contribution is 2.46. The highest BCUT2D eigenvalue weighted by Gasteiger charge is 2.23. The Morgan fingerprint density at radius 3 is 1.70 bits per heavy atom. The molecular weight excluding hydrogens is 709 g/mol. The van der Waals surface area contributed by atoms with Crippen molar-refractivity contribution in [1.82, 2.24) is 4.57 Å². The van der Waals surface area contributed by atoms with Crippen molar-refractivity contribution in [2.24, 2.45) is 0 Å². The van der Waals surface area contributed by atoms with Crippen molar-refractivity contribution >= 4 is 70.4 Å². The summed E-state index contributed by atoms with van der Waals surface area (Å²) in [6.07, 6.45) is 0. The van der Waals surface area contributed by atoms with Crippen molar-refractivity contribution in [2.75, 3.05) is 4.90 Å². The molecule has 0 bridgehead atoms. The Morgan fingerprint density at radius 1 is 0.351 bits per heavy atom. The summed E-state index contributed by atoms with van der Waals surface area (Å²) in [6.45, 7) is 0. The van der Waals surface area contributed by atoms with E-state index in [1.807, 2.05) is 11.3 Å². The van der Waals surface area contributed by atoms with Crippen molar-refractivity contribution in [1.29, 1.82) is 0 Å². The van der Waals surface area contributed by atoms with Crippen LogP contribution in [0.25, 0.3) is 81.0 Å². The lowest BCUT2D eigenvalue weighted by Crippen LogP contribution is -2.11. The van der Waals surface area contributed by atoms with Gasteiger partial charge in [0, 0.05) is 53.4 Å². The maximum atomic E-state index is 2.49. The number of nitrogens with zero attached hydrogens (tertiary/aromatic N) is 2. The summed E-state index contributed by atoms with van der Waals surface area (Å²) in [5.41, 5.74) is 14.0. The minimum absolute atomic E-state index is 1.09. The van der Waals surface area contributed by atoms with Gasteiger partial charge in [-0.05, 0) is 76.9 Å². The molecular formula is C54H36N2S. The SMILES string of the molecule is c1ccc(-c2ccccc2N(c2ccc3sc4ccccc4c3c2)c2ccc3c4ccccc4n(-c4cccc(-c5ccccc5)c4-c4ccccc4)c3c2)cc1. The first-order valence-electron chi connectivity index (χ1n) is 19.4. The average Bonchev–Trinajstić information content (AvgIpc) is 3.82. The van der Waals surface area contributed by atoms with Gasteiger partial charge in [-0.25, -0.2) is 0 Å². The summed E-state index contributed by atoms with van der Waals surface area (Å²) in [5, 5.41) is 5.01. The molecule has 0 saturated heterocycles. The number of fused-ring (bicyclic) bond motifs is 6. The molecule has 0 N–H and O–H groups in total. The minimum atomic E-state index is 1.09. The number of hydrogen-bond acceptors (Lipinski definition) is 2. The second kappa shape index (κ2) is 13.8. The zero-order valence-corrected chi connectivity index (χ0v) is 31.9. The predicted molar refractivity (Wildman–Crippen MR) is 245 cm³/mol. The van der Waals surface area contributed by atoms with Crippen LogP contribution in [0, 0.1) is 0 Å². The van der Waals surface area contributed by atoms with Gasteiger partial charge in [0.1, 0.15) is 0 Å². The summed E-state index contributed by atoms with van der Waals surface area (Å²) < 4.78 is 5.08. The Bertz CT molecular complexity index is 3230. The van der Waals surface area contributed by atoms with E-state index in [4.69, 9.17) is 0 Å². The van der Waals surface area contributed by atoms with Crippen molar-refractivity contribution in [3.05, 3.63) is 218 Å². The zero-order chi connectivity index (χ0) is 37.7. The van der Waals surface area contributed by atoms with E-state index >= 15 is 0 Å². The Kier molecular flexibility index (Phi) is 8.04. The quantitative estimate of drug-likeness (QED) is 0.158. The van der Waals surface area contributed by atoms with E-state index < -0.39 is 0 Å². The molecule has 0 atom stereocenters. The molecule has 2 nitrogen and oxygen atoms in total. The Labute approximate surface area is 335 Å². The molecule has 2 aromatic heterocycles. The molecule has 11 rings (SSSR count). The first-order chi connectivity index (χ1) is 28.3. The standard InChI is InChI=1S/C54H36N2S/c1-4-17-37(18-5-1)42-23-10-13-27-48(42)55(40-32-34-53-47(35-40)46-25-12-15-30-52(46)57-53)41-31-33-45-44-24-11-14-28-49(44)56(51(45)36-41)50-29-16-26-43(38-19-6-2-7-20-38)54(50)39-21-8-3-9-22-39/h1-36H. The molecule has 0 amide bonds. The van der Waals surface area contributed by atoms with E-state index in [0.29, 0.717) is 0 Å². The van der Waals surface area contributed by atoms with Crippen molar-refractivity contribution < 1.29 is 0 Å². The lowest BCUT2D eigenvalue weighted by molar-refractivity contribution is 1.18. The van der Waals surface area contributed by atoms with Crippen molar-refractivity contribution in [2.45, 2.75) is 0 Å². The van der Waals surface area contributed by atoms with E-state index in [2.05, 4.69) is 228 Å². The van der Waals surface area contributed by atoms with Crippen LogP contribution in [0.2, 0.25) is 0 Å². The van der Waals surface area contributed by atoms with Gasteiger partial charge in [0.25, 0.3) is 0 Å². The monoisotopic (exact) mass is 744 g/mol. The van der Waals surface area contributed by atoms with Gasteiger partial charge in [-0.1, -0.05) is 164 Å². The van der Waals surface area contributed by atoms with Crippen LogP contribution < -0.4 is 4.90 Å². The van der Waals surface area contributed by atoms with Gasteiger partial charge < -0.3 is 9.47 Å².